The lowest BCUT2D eigenvalue weighted by Gasteiger charge is -2.20. The summed E-state index contributed by atoms with van der Waals surface area (Å²) in [5.74, 6) is 0. The zero-order chi connectivity index (χ0) is 15.9. The molecule has 21 heavy (non-hydrogen) atoms. The maximum atomic E-state index is 12.0. The number of hydrogen-bond acceptors (Lipinski definition) is 5. The van der Waals surface area contributed by atoms with E-state index in [4.69, 9.17) is 5.11 Å². The maximum absolute atomic E-state index is 12.0. The van der Waals surface area contributed by atoms with Crippen molar-refractivity contribution >= 4 is 10.0 Å². The molecule has 0 radical (unpaired) electrons. The predicted octanol–water partition coefficient (Wildman–Crippen LogP) is 0.274. The van der Waals surface area contributed by atoms with Crippen molar-refractivity contribution in [3.05, 3.63) is 12.4 Å². The van der Waals surface area contributed by atoms with Crippen LogP contribution in [-0.4, -0.2) is 61.0 Å². The van der Waals surface area contributed by atoms with Gasteiger partial charge >= 0.3 is 0 Å². The Balaban J connectivity index is 2.36. The molecule has 2 N–H and O–H groups in total. The van der Waals surface area contributed by atoms with E-state index in [2.05, 4.69) is 35.6 Å². The first-order chi connectivity index (χ1) is 9.86. The maximum Gasteiger partial charge on any atom is 0.243 e. The number of rotatable bonds is 10. The van der Waals surface area contributed by atoms with Crippen molar-refractivity contribution in [2.75, 3.05) is 26.7 Å². The summed E-state index contributed by atoms with van der Waals surface area (Å²) in [6.07, 6.45) is 4.46. The molecule has 0 saturated heterocycles. The molecular formula is C13H26N4O3S. The fourth-order valence-electron chi connectivity index (χ4n) is 1.74. The topological polar surface area (TPSA) is 87.5 Å². The van der Waals surface area contributed by atoms with Crippen LogP contribution in [0.15, 0.2) is 17.3 Å². The molecule has 0 spiro atoms. The number of aliphatic hydroxyl groups is 1. The van der Waals surface area contributed by atoms with Crippen molar-refractivity contribution in [1.82, 2.24) is 19.4 Å². The summed E-state index contributed by atoms with van der Waals surface area (Å²) in [6.45, 7) is 5.85. The van der Waals surface area contributed by atoms with E-state index in [0.29, 0.717) is 12.6 Å². The largest absolute Gasteiger partial charge is 0.394 e. The van der Waals surface area contributed by atoms with Crippen LogP contribution in [0.1, 0.15) is 26.7 Å². The van der Waals surface area contributed by atoms with Gasteiger partial charge in [0.05, 0.1) is 19.3 Å². The van der Waals surface area contributed by atoms with Gasteiger partial charge in [0.2, 0.25) is 10.0 Å². The van der Waals surface area contributed by atoms with Crippen molar-refractivity contribution in [2.24, 2.45) is 0 Å². The quantitative estimate of drug-likeness (QED) is 0.605. The van der Waals surface area contributed by atoms with E-state index in [1.54, 1.807) is 0 Å². The van der Waals surface area contributed by atoms with Crippen molar-refractivity contribution in [3.8, 4) is 0 Å². The second kappa shape index (κ2) is 8.47. The van der Waals surface area contributed by atoms with E-state index in [-0.39, 0.29) is 18.0 Å². The Bertz CT molecular complexity index is 513. The van der Waals surface area contributed by atoms with Crippen molar-refractivity contribution < 1.29 is 13.5 Å². The molecule has 0 bridgehead atoms. The first-order valence-corrected chi connectivity index (χ1v) is 8.68. The fourth-order valence-corrected chi connectivity index (χ4v) is 2.77. The van der Waals surface area contributed by atoms with Crippen LogP contribution in [0.5, 0.6) is 0 Å². The molecule has 1 heterocycles. The molecule has 122 valence electrons. The molecule has 0 amide bonds. The molecule has 0 aromatic carbocycles. The Kier molecular flexibility index (Phi) is 7.30. The number of aromatic nitrogens is 2. The van der Waals surface area contributed by atoms with Gasteiger partial charge in [0.15, 0.2) is 0 Å². The highest BCUT2D eigenvalue weighted by atomic mass is 32.2. The van der Waals surface area contributed by atoms with Gasteiger partial charge in [-0.25, -0.2) is 13.1 Å². The van der Waals surface area contributed by atoms with Crippen LogP contribution in [0.2, 0.25) is 0 Å². The lowest BCUT2D eigenvalue weighted by Crippen LogP contribution is -2.29. The minimum absolute atomic E-state index is 0.0715. The first-order valence-electron chi connectivity index (χ1n) is 7.20. The zero-order valence-electron chi connectivity index (χ0n) is 13.0. The lowest BCUT2D eigenvalue weighted by atomic mass is 10.2. The monoisotopic (exact) mass is 318 g/mol. The number of aliphatic hydroxyl groups excluding tert-OH is 1. The highest BCUT2D eigenvalue weighted by Crippen LogP contribution is 2.07. The summed E-state index contributed by atoms with van der Waals surface area (Å²) in [5.41, 5.74) is 0. The number of nitrogens with one attached hydrogen (secondary N) is 1. The van der Waals surface area contributed by atoms with E-state index in [0.717, 1.165) is 19.4 Å². The number of hydrogen-bond donors (Lipinski definition) is 2. The van der Waals surface area contributed by atoms with Gasteiger partial charge in [0, 0.05) is 18.8 Å². The lowest BCUT2D eigenvalue weighted by molar-refractivity contribution is 0.268. The fraction of sp³-hybridized carbons (Fsp3) is 0.769. The Hall–Kier alpha value is -0.960. The molecule has 1 aromatic rings. The molecule has 0 fully saturated rings. The molecule has 1 rings (SSSR count). The van der Waals surface area contributed by atoms with E-state index in [9.17, 15) is 8.42 Å². The normalized spacial score (nSPS) is 12.5. The molecule has 7 nitrogen and oxygen atoms in total. The zero-order valence-corrected chi connectivity index (χ0v) is 13.8. The van der Waals surface area contributed by atoms with Gasteiger partial charge in [-0.15, -0.1) is 0 Å². The molecular weight excluding hydrogens is 292 g/mol. The molecule has 0 unspecified atom stereocenters. The van der Waals surface area contributed by atoms with Gasteiger partial charge in [-0.1, -0.05) is 0 Å². The highest BCUT2D eigenvalue weighted by Gasteiger charge is 2.15. The van der Waals surface area contributed by atoms with Gasteiger partial charge in [0.25, 0.3) is 0 Å². The summed E-state index contributed by atoms with van der Waals surface area (Å²) in [7, 11) is -1.44. The van der Waals surface area contributed by atoms with E-state index < -0.39 is 10.0 Å². The van der Waals surface area contributed by atoms with Gasteiger partial charge in [0.1, 0.15) is 4.90 Å². The Morgan fingerprint density at radius 2 is 2.14 bits per heavy atom. The second-order valence-corrected chi connectivity index (χ2v) is 7.11. The third-order valence-electron chi connectivity index (χ3n) is 3.36. The van der Waals surface area contributed by atoms with Crippen LogP contribution in [0, 0.1) is 0 Å². The van der Waals surface area contributed by atoms with Crippen molar-refractivity contribution in [1.29, 1.82) is 0 Å². The number of unbranched alkanes of at least 4 members (excludes halogenated alkanes) is 1. The van der Waals surface area contributed by atoms with Crippen LogP contribution in [0.3, 0.4) is 0 Å². The van der Waals surface area contributed by atoms with Gasteiger partial charge in [-0.05, 0) is 40.3 Å². The Morgan fingerprint density at radius 3 is 2.76 bits per heavy atom. The van der Waals surface area contributed by atoms with E-state index in [1.165, 1.54) is 17.1 Å². The minimum Gasteiger partial charge on any atom is -0.394 e. The molecule has 8 heteroatoms. The predicted molar refractivity (Wildman–Crippen MR) is 81.5 cm³/mol. The second-order valence-electron chi connectivity index (χ2n) is 5.34. The van der Waals surface area contributed by atoms with Gasteiger partial charge < -0.3 is 10.0 Å². The number of nitrogens with zero attached hydrogens (tertiary/aromatic N) is 3. The molecule has 1 aromatic heterocycles. The molecule has 0 aliphatic rings. The SMILES string of the molecule is CC(C)N(C)CCCCNS(=O)(=O)c1cnn(CCO)c1. The molecule has 0 atom stereocenters. The van der Waals surface area contributed by atoms with Crippen LogP contribution >= 0.6 is 0 Å². The minimum atomic E-state index is -3.50. The number of sulfonamides is 1. The third kappa shape index (κ3) is 6.13. The van der Waals surface area contributed by atoms with Crippen LogP contribution in [-0.2, 0) is 16.6 Å². The third-order valence-corrected chi connectivity index (χ3v) is 4.78. The van der Waals surface area contributed by atoms with Crippen molar-refractivity contribution in [2.45, 2.75) is 44.2 Å². The smallest absolute Gasteiger partial charge is 0.243 e. The Morgan fingerprint density at radius 1 is 1.43 bits per heavy atom. The summed E-state index contributed by atoms with van der Waals surface area (Å²) >= 11 is 0. The van der Waals surface area contributed by atoms with Crippen LogP contribution in [0.25, 0.3) is 0 Å². The summed E-state index contributed by atoms with van der Waals surface area (Å²) in [4.78, 5) is 2.36. The standard InChI is InChI=1S/C13H26N4O3S/c1-12(2)16(3)7-5-4-6-15-21(19,20)13-10-14-17(11-13)8-9-18/h10-12,15,18H,4-9H2,1-3H3. The summed E-state index contributed by atoms with van der Waals surface area (Å²) in [5, 5.41) is 12.7. The van der Waals surface area contributed by atoms with E-state index in [1.807, 2.05) is 0 Å². The first kappa shape index (κ1) is 18.1. The van der Waals surface area contributed by atoms with Gasteiger partial charge in [-0.2, -0.15) is 5.10 Å². The van der Waals surface area contributed by atoms with E-state index >= 15 is 0 Å². The molecule has 0 aliphatic heterocycles. The summed E-state index contributed by atoms with van der Waals surface area (Å²) in [6, 6.07) is 0.499. The average molecular weight is 318 g/mol. The average Bonchev–Trinajstić information content (AvgIpc) is 2.87. The Labute approximate surface area is 127 Å². The molecule has 0 aliphatic carbocycles. The highest BCUT2D eigenvalue weighted by molar-refractivity contribution is 7.89. The van der Waals surface area contributed by atoms with Crippen molar-refractivity contribution in [3.63, 3.8) is 0 Å². The summed E-state index contributed by atoms with van der Waals surface area (Å²) < 4.78 is 28.0. The molecule has 0 saturated carbocycles. The van der Waals surface area contributed by atoms with Crippen LogP contribution < -0.4 is 4.72 Å². The van der Waals surface area contributed by atoms with Crippen LogP contribution in [0.4, 0.5) is 0 Å². The van der Waals surface area contributed by atoms with Gasteiger partial charge in [-0.3, -0.25) is 4.68 Å².